The molecule has 0 radical (unpaired) electrons. The zero-order valence-electron chi connectivity index (χ0n) is 13.0. The summed E-state index contributed by atoms with van der Waals surface area (Å²) in [4.78, 5) is 22.2. The Morgan fingerprint density at radius 2 is 2.00 bits per heavy atom. The van der Waals surface area contributed by atoms with Gasteiger partial charge in [0.2, 0.25) is 5.91 Å². The Balaban J connectivity index is 2.01. The predicted molar refractivity (Wildman–Crippen MR) is 95.6 cm³/mol. The number of nitro groups is 1. The molecule has 0 fully saturated rings. The quantitative estimate of drug-likeness (QED) is 0.469. The number of benzene rings is 2. The van der Waals surface area contributed by atoms with Crippen LogP contribution in [-0.4, -0.2) is 24.2 Å². The lowest BCUT2D eigenvalue weighted by atomic mass is 10.1. The number of halogens is 2. The lowest BCUT2D eigenvalue weighted by Crippen LogP contribution is -2.20. The van der Waals surface area contributed by atoms with Gasteiger partial charge >= 0.3 is 0 Å². The summed E-state index contributed by atoms with van der Waals surface area (Å²) in [5, 5.41) is 15.1. The number of rotatable bonds is 6. The maximum atomic E-state index is 11.9. The number of nitrogens with zero attached hydrogens (tertiary/aromatic N) is 2. The lowest BCUT2D eigenvalue weighted by molar-refractivity contribution is -0.384. The first-order valence-corrected chi connectivity index (χ1v) is 7.74. The highest BCUT2D eigenvalue weighted by molar-refractivity contribution is 6.32. The summed E-state index contributed by atoms with van der Waals surface area (Å²) >= 11 is 11.8. The van der Waals surface area contributed by atoms with Crippen molar-refractivity contribution in [3.8, 4) is 5.75 Å². The second-order valence-electron chi connectivity index (χ2n) is 4.90. The molecule has 0 bridgehead atoms. The van der Waals surface area contributed by atoms with Gasteiger partial charge in [0.15, 0.2) is 0 Å². The second kappa shape index (κ2) is 8.46. The van der Waals surface area contributed by atoms with Crippen LogP contribution >= 0.6 is 23.2 Å². The van der Waals surface area contributed by atoms with E-state index in [9.17, 15) is 14.9 Å². The first-order chi connectivity index (χ1) is 11.9. The Kier molecular flexibility index (Phi) is 6.32. The number of nitro benzene ring substituents is 1. The first-order valence-electron chi connectivity index (χ1n) is 6.99. The maximum absolute atomic E-state index is 11.9. The SMILES string of the molecule is COc1ccc(Cl)c(CC(=O)N/N=C/c2ccc(Cl)c([N+](=O)[O-])c2)c1. The van der Waals surface area contributed by atoms with Crippen molar-refractivity contribution in [1.82, 2.24) is 5.43 Å². The standard InChI is InChI=1S/C16H13Cl2N3O4/c1-25-12-3-5-13(17)11(7-12)8-16(22)20-19-9-10-2-4-14(18)15(6-10)21(23)24/h2-7,9H,8H2,1H3,(H,20,22)/b19-9+. The number of hydrazone groups is 1. The lowest BCUT2D eigenvalue weighted by Gasteiger charge is -2.06. The zero-order valence-corrected chi connectivity index (χ0v) is 14.5. The highest BCUT2D eigenvalue weighted by Gasteiger charge is 2.12. The number of hydrogen-bond donors (Lipinski definition) is 1. The van der Waals surface area contributed by atoms with E-state index in [1.165, 1.54) is 25.5 Å². The van der Waals surface area contributed by atoms with Crippen LogP contribution in [0.1, 0.15) is 11.1 Å². The van der Waals surface area contributed by atoms with E-state index in [0.29, 0.717) is 21.9 Å². The molecule has 0 aliphatic heterocycles. The number of carbonyl (C=O) groups excluding carboxylic acids is 1. The van der Waals surface area contributed by atoms with E-state index >= 15 is 0 Å². The predicted octanol–water partition coefficient (Wildman–Crippen LogP) is 3.60. The van der Waals surface area contributed by atoms with Crippen molar-refractivity contribution in [3.63, 3.8) is 0 Å². The van der Waals surface area contributed by atoms with Gasteiger partial charge in [-0.1, -0.05) is 29.3 Å². The smallest absolute Gasteiger partial charge is 0.288 e. The molecule has 9 heteroatoms. The third-order valence-corrected chi connectivity index (χ3v) is 3.86. The fraction of sp³-hybridized carbons (Fsp3) is 0.125. The number of carbonyl (C=O) groups is 1. The molecule has 0 unspecified atom stereocenters. The van der Waals surface area contributed by atoms with Crippen LogP contribution in [0.2, 0.25) is 10.0 Å². The van der Waals surface area contributed by atoms with Gasteiger partial charge in [-0.25, -0.2) is 5.43 Å². The largest absolute Gasteiger partial charge is 0.497 e. The summed E-state index contributed by atoms with van der Waals surface area (Å²) in [6.45, 7) is 0. The fourth-order valence-electron chi connectivity index (χ4n) is 1.95. The van der Waals surface area contributed by atoms with Crippen LogP contribution in [0.3, 0.4) is 0 Å². The van der Waals surface area contributed by atoms with Crippen LogP contribution in [0.5, 0.6) is 5.75 Å². The van der Waals surface area contributed by atoms with E-state index in [1.807, 2.05) is 0 Å². The molecular weight excluding hydrogens is 369 g/mol. The molecule has 2 aromatic carbocycles. The summed E-state index contributed by atoms with van der Waals surface area (Å²) in [7, 11) is 1.52. The van der Waals surface area contributed by atoms with Gasteiger partial charge in [0.05, 0.1) is 24.7 Å². The molecule has 1 N–H and O–H groups in total. The van der Waals surface area contributed by atoms with Crippen molar-refractivity contribution >= 4 is 41.0 Å². The van der Waals surface area contributed by atoms with Gasteiger partial charge in [-0.2, -0.15) is 5.10 Å². The monoisotopic (exact) mass is 381 g/mol. The topological polar surface area (TPSA) is 93.8 Å². The van der Waals surface area contributed by atoms with Gasteiger partial charge in [-0.15, -0.1) is 0 Å². The average Bonchev–Trinajstić information content (AvgIpc) is 2.58. The molecule has 1 amide bonds. The molecule has 7 nitrogen and oxygen atoms in total. The number of ether oxygens (including phenoxy) is 1. The Morgan fingerprint density at radius 3 is 2.68 bits per heavy atom. The molecule has 0 spiro atoms. The van der Waals surface area contributed by atoms with Crippen molar-refractivity contribution in [2.45, 2.75) is 6.42 Å². The minimum absolute atomic E-state index is 0.00807. The molecule has 130 valence electrons. The Hall–Kier alpha value is -2.64. The molecule has 2 aromatic rings. The Morgan fingerprint density at radius 1 is 1.28 bits per heavy atom. The van der Waals surface area contributed by atoms with E-state index in [1.54, 1.807) is 24.3 Å². The Labute approximate surface area is 153 Å². The number of nitrogens with one attached hydrogen (secondary N) is 1. The van der Waals surface area contributed by atoms with Crippen LogP contribution in [0.25, 0.3) is 0 Å². The van der Waals surface area contributed by atoms with Crippen molar-refractivity contribution < 1.29 is 14.5 Å². The minimum atomic E-state index is -0.594. The van der Waals surface area contributed by atoms with Crippen LogP contribution in [-0.2, 0) is 11.2 Å². The van der Waals surface area contributed by atoms with Gasteiger partial charge in [0, 0.05) is 16.7 Å². The average molecular weight is 382 g/mol. The molecule has 25 heavy (non-hydrogen) atoms. The highest BCUT2D eigenvalue weighted by atomic mass is 35.5. The molecule has 0 aromatic heterocycles. The molecule has 0 saturated heterocycles. The summed E-state index contributed by atoms with van der Waals surface area (Å²) in [6, 6.07) is 9.18. The van der Waals surface area contributed by atoms with E-state index in [4.69, 9.17) is 27.9 Å². The van der Waals surface area contributed by atoms with Crippen molar-refractivity contribution in [2.75, 3.05) is 7.11 Å². The van der Waals surface area contributed by atoms with Crippen LogP contribution in [0, 0.1) is 10.1 Å². The summed E-state index contributed by atoms with van der Waals surface area (Å²) in [6.07, 6.45) is 1.29. The zero-order chi connectivity index (χ0) is 18.4. The van der Waals surface area contributed by atoms with E-state index < -0.39 is 10.8 Å². The molecule has 0 aliphatic rings. The third-order valence-electron chi connectivity index (χ3n) is 3.17. The van der Waals surface area contributed by atoms with Gasteiger partial charge in [-0.05, 0) is 29.8 Å². The maximum Gasteiger partial charge on any atom is 0.288 e. The van der Waals surface area contributed by atoms with Gasteiger partial charge in [0.25, 0.3) is 5.69 Å². The fourth-order valence-corrected chi connectivity index (χ4v) is 2.33. The van der Waals surface area contributed by atoms with E-state index in [2.05, 4.69) is 10.5 Å². The van der Waals surface area contributed by atoms with Crippen molar-refractivity contribution in [1.29, 1.82) is 0 Å². The number of hydrogen-bond acceptors (Lipinski definition) is 5. The number of amides is 1. The summed E-state index contributed by atoms with van der Waals surface area (Å²) < 4.78 is 5.08. The second-order valence-corrected chi connectivity index (χ2v) is 5.71. The normalized spacial score (nSPS) is 10.7. The van der Waals surface area contributed by atoms with Gasteiger partial charge < -0.3 is 4.74 Å². The third kappa shape index (κ3) is 5.17. The Bertz CT molecular complexity index is 840. The van der Waals surface area contributed by atoms with Crippen molar-refractivity contribution in [2.24, 2.45) is 5.10 Å². The molecule has 0 aliphatic carbocycles. The molecular formula is C16H13Cl2N3O4. The van der Waals surface area contributed by atoms with E-state index in [-0.39, 0.29) is 17.1 Å². The van der Waals surface area contributed by atoms with Crippen LogP contribution in [0.4, 0.5) is 5.69 Å². The highest BCUT2D eigenvalue weighted by Crippen LogP contribution is 2.24. The van der Waals surface area contributed by atoms with Gasteiger partial charge in [0.1, 0.15) is 10.8 Å². The molecule has 2 rings (SSSR count). The summed E-state index contributed by atoms with van der Waals surface area (Å²) in [5.41, 5.74) is 3.12. The minimum Gasteiger partial charge on any atom is -0.497 e. The van der Waals surface area contributed by atoms with Gasteiger partial charge in [-0.3, -0.25) is 14.9 Å². The van der Waals surface area contributed by atoms with E-state index in [0.717, 1.165) is 0 Å². The van der Waals surface area contributed by atoms with Crippen molar-refractivity contribution in [3.05, 3.63) is 67.7 Å². The first kappa shape index (κ1) is 18.7. The van der Waals surface area contributed by atoms with Crippen LogP contribution < -0.4 is 10.2 Å². The number of methoxy groups -OCH3 is 1. The molecule has 0 saturated carbocycles. The molecule has 0 atom stereocenters. The summed E-state index contributed by atoms with van der Waals surface area (Å²) in [5.74, 6) is 0.194. The van der Waals surface area contributed by atoms with Crippen LogP contribution in [0.15, 0.2) is 41.5 Å². The molecule has 0 heterocycles.